The quantitative estimate of drug-likeness (QED) is 0.187. The first-order chi connectivity index (χ1) is 18.6. The van der Waals surface area contributed by atoms with Crippen LogP contribution in [0.4, 0.5) is 18.9 Å². The van der Waals surface area contributed by atoms with Crippen molar-refractivity contribution in [2.24, 2.45) is 0 Å². The number of rotatable bonds is 7. The highest BCUT2D eigenvalue weighted by atomic mass is 35.5. The van der Waals surface area contributed by atoms with Crippen molar-refractivity contribution >= 4 is 40.0 Å². The molecule has 4 rings (SSSR count). The Morgan fingerprint density at radius 1 is 1.08 bits per heavy atom. The molecular weight excluding hydrogens is 529 g/mol. The number of alkyl halides is 3. The number of aryl methyl sites for hydroxylation is 1. The van der Waals surface area contributed by atoms with Gasteiger partial charge in [0.05, 0.1) is 17.7 Å². The summed E-state index contributed by atoms with van der Waals surface area (Å²) in [7, 11) is 1.43. The lowest BCUT2D eigenvalue weighted by Crippen LogP contribution is -2.14. The summed E-state index contributed by atoms with van der Waals surface area (Å²) in [6.07, 6.45) is -3.31. The van der Waals surface area contributed by atoms with Crippen molar-refractivity contribution in [3.63, 3.8) is 0 Å². The SMILES string of the molecule is COc1cc(/C=C(\C#N)C(=O)Nc2cccc(C(F)(F)F)c2)cc(Cl)c1OCc1c(C)ccc2ccccc12. The van der Waals surface area contributed by atoms with E-state index in [1.807, 2.05) is 43.3 Å². The normalized spacial score (nSPS) is 11.7. The average Bonchev–Trinajstić information content (AvgIpc) is 2.91. The molecule has 0 fully saturated rings. The molecule has 1 N–H and O–H groups in total. The maximum atomic E-state index is 13.0. The zero-order chi connectivity index (χ0) is 28.2. The van der Waals surface area contributed by atoms with Gasteiger partial charge in [-0.15, -0.1) is 0 Å². The van der Waals surface area contributed by atoms with E-state index in [9.17, 15) is 23.2 Å². The van der Waals surface area contributed by atoms with Gasteiger partial charge in [-0.05, 0) is 65.2 Å². The van der Waals surface area contributed by atoms with Crippen molar-refractivity contribution in [2.45, 2.75) is 19.7 Å². The minimum absolute atomic E-state index is 0.0981. The van der Waals surface area contributed by atoms with Crippen LogP contribution in [0.5, 0.6) is 11.5 Å². The van der Waals surface area contributed by atoms with Gasteiger partial charge in [0, 0.05) is 11.3 Å². The van der Waals surface area contributed by atoms with Crippen LogP contribution in [0.3, 0.4) is 0 Å². The van der Waals surface area contributed by atoms with Gasteiger partial charge in [0.1, 0.15) is 18.2 Å². The fraction of sp³-hybridized carbons (Fsp3) is 0.133. The zero-order valence-corrected chi connectivity index (χ0v) is 21.7. The second-order valence-corrected chi connectivity index (χ2v) is 9.01. The van der Waals surface area contributed by atoms with Crippen molar-refractivity contribution in [1.29, 1.82) is 5.26 Å². The van der Waals surface area contributed by atoms with E-state index < -0.39 is 17.6 Å². The van der Waals surface area contributed by atoms with Gasteiger partial charge in [-0.3, -0.25) is 4.79 Å². The van der Waals surface area contributed by atoms with E-state index in [2.05, 4.69) is 5.32 Å². The predicted molar refractivity (Wildman–Crippen MR) is 145 cm³/mol. The largest absolute Gasteiger partial charge is 0.493 e. The van der Waals surface area contributed by atoms with E-state index >= 15 is 0 Å². The van der Waals surface area contributed by atoms with Crippen LogP contribution in [0.25, 0.3) is 16.8 Å². The maximum Gasteiger partial charge on any atom is 0.416 e. The van der Waals surface area contributed by atoms with Crippen LogP contribution in [0, 0.1) is 18.3 Å². The lowest BCUT2D eigenvalue weighted by atomic mass is 10.0. The second-order valence-electron chi connectivity index (χ2n) is 8.61. The van der Waals surface area contributed by atoms with Crippen molar-refractivity contribution in [3.05, 3.63) is 106 Å². The number of nitriles is 1. The highest BCUT2D eigenvalue weighted by Gasteiger charge is 2.30. The van der Waals surface area contributed by atoms with Crippen LogP contribution < -0.4 is 14.8 Å². The number of benzene rings is 4. The Hall–Kier alpha value is -4.48. The number of methoxy groups -OCH3 is 1. The number of nitrogens with one attached hydrogen (secondary N) is 1. The topological polar surface area (TPSA) is 71.3 Å². The third kappa shape index (κ3) is 6.33. The average molecular weight is 551 g/mol. The fourth-order valence-electron chi connectivity index (χ4n) is 4.03. The summed E-state index contributed by atoms with van der Waals surface area (Å²) in [6.45, 7) is 2.22. The molecule has 0 bridgehead atoms. The van der Waals surface area contributed by atoms with Crippen molar-refractivity contribution in [2.75, 3.05) is 12.4 Å². The molecule has 0 aliphatic heterocycles. The maximum absolute atomic E-state index is 13.0. The standard InChI is InChI=1S/C30H22ClF3N2O3/c1-18-10-11-20-6-3-4-9-24(20)25(18)17-39-28-26(31)13-19(14-27(28)38-2)12-21(16-35)29(37)36-23-8-5-7-22(15-23)30(32,33)34/h3-15H,17H2,1-2H3,(H,36,37)/b21-12+. The number of carbonyl (C=O) groups is 1. The van der Waals surface area contributed by atoms with Crippen molar-refractivity contribution < 1.29 is 27.4 Å². The number of fused-ring (bicyclic) bond motifs is 1. The van der Waals surface area contributed by atoms with Crippen LogP contribution >= 0.6 is 11.6 Å². The first-order valence-electron chi connectivity index (χ1n) is 11.7. The second kappa shape index (κ2) is 11.5. The molecule has 4 aromatic rings. The van der Waals surface area contributed by atoms with Gasteiger partial charge in [-0.2, -0.15) is 18.4 Å². The molecule has 198 valence electrons. The smallest absolute Gasteiger partial charge is 0.416 e. The summed E-state index contributed by atoms with van der Waals surface area (Å²) in [4.78, 5) is 12.6. The molecule has 0 saturated heterocycles. The van der Waals surface area contributed by atoms with Crippen LogP contribution in [0.1, 0.15) is 22.3 Å². The molecule has 0 atom stereocenters. The van der Waals surface area contributed by atoms with E-state index in [1.165, 1.54) is 25.3 Å². The number of carbonyl (C=O) groups excluding carboxylic acids is 1. The number of nitrogens with zero attached hydrogens (tertiary/aromatic N) is 1. The van der Waals surface area contributed by atoms with Crippen LogP contribution in [0.15, 0.2) is 78.4 Å². The lowest BCUT2D eigenvalue weighted by molar-refractivity contribution is -0.137. The lowest BCUT2D eigenvalue weighted by Gasteiger charge is -2.16. The molecule has 0 unspecified atom stereocenters. The van der Waals surface area contributed by atoms with Crippen LogP contribution in [-0.4, -0.2) is 13.0 Å². The summed E-state index contributed by atoms with van der Waals surface area (Å²) >= 11 is 6.51. The summed E-state index contributed by atoms with van der Waals surface area (Å²) in [5.74, 6) is -0.309. The molecule has 1 amide bonds. The first kappa shape index (κ1) is 27.6. The highest BCUT2D eigenvalue weighted by Crippen LogP contribution is 2.38. The third-order valence-electron chi connectivity index (χ3n) is 6.01. The minimum atomic E-state index is -4.57. The number of ether oxygens (including phenoxy) is 2. The van der Waals surface area contributed by atoms with Gasteiger partial charge in [0.15, 0.2) is 11.5 Å². The predicted octanol–water partition coefficient (Wildman–Crippen LogP) is 7.95. The monoisotopic (exact) mass is 550 g/mol. The van der Waals surface area contributed by atoms with Gasteiger partial charge >= 0.3 is 6.18 Å². The molecule has 0 aromatic heterocycles. The van der Waals surface area contributed by atoms with E-state index in [0.29, 0.717) is 5.56 Å². The summed E-state index contributed by atoms with van der Waals surface area (Å²) in [5, 5.41) is 14.2. The van der Waals surface area contributed by atoms with E-state index in [0.717, 1.165) is 40.1 Å². The fourth-order valence-corrected chi connectivity index (χ4v) is 4.30. The van der Waals surface area contributed by atoms with E-state index in [4.69, 9.17) is 21.1 Å². The number of hydrogen-bond acceptors (Lipinski definition) is 4. The Labute approximate surface area is 228 Å². The Morgan fingerprint density at radius 3 is 2.56 bits per heavy atom. The molecule has 0 radical (unpaired) electrons. The Morgan fingerprint density at radius 2 is 1.85 bits per heavy atom. The molecule has 0 heterocycles. The van der Waals surface area contributed by atoms with Crippen LogP contribution in [0.2, 0.25) is 5.02 Å². The van der Waals surface area contributed by atoms with Crippen molar-refractivity contribution in [1.82, 2.24) is 0 Å². The molecule has 39 heavy (non-hydrogen) atoms. The molecule has 5 nitrogen and oxygen atoms in total. The summed E-state index contributed by atoms with van der Waals surface area (Å²) in [6, 6.07) is 21.0. The number of amides is 1. The molecule has 4 aromatic carbocycles. The minimum Gasteiger partial charge on any atom is -0.493 e. The van der Waals surface area contributed by atoms with Crippen molar-refractivity contribution in [3.8, 4) is 17.6 Å². The molecule has 0 aliphatic rings. The molecule has 0 saturated carbocycles. The Bertz CT molecular complexity index is 1620. The highest BCUT2D eigenvalue weighted by molar-refractivity contribution is 6.32. The van der Waals surface area contributed by atoms with Gasteiger partial charge in [0.25, 0.3) is 5.91 Å². The summed E-state index contributed by atoms with van der Waals surface area (Å²) < 4.78 is 50.5. The van der Waals surface area contributed by atoms with E-state index in [1.54, 1.807) is 12.1 Å². The first-order valence-corrected chi connectivity index (χ1v) is 12.1. The molecule has 0 spiro atoms. The van der Waals surface area contributed by atoms with Gasteiger partial charge in [-0.25, -0.2) is 0 Å². The van der Waals surface area contributed by atoms with Gasteiger partial charge in [-0.1, -0.05) is 54.1 Å². The van der Waals surface area contributed by atoms with Crippen LogP contribution in [-0.2, 0) is 17.6 Å². The molecular formula is C30H22ClF3N2O3. The summed E-state index contributed by atoms with van der Waals surface area (Å²) in [5.41, 5.74) is 1.04. The third-order valence-corrected chi connectivity index (χ3v) is 6.29. The van der Waals surface area contributed by atoms with Gasteiger partial charge < -0.3 is 14.8 Å². The zero-order valence-electron chi connectivity index (χ0n) is 20.9. The molecule has 0 aliphatic carbocycles. The van der Waals surface area contributed by atoms with E-state index in [-0.39, 0.29) is 34.4 Å². The van der Waals surface area contributed by atoms with Gasteiger partial charge in [0.2, 0.25) is 0 Å². The Kier molecular flexibility index (Phi) is 8.12. The number of hydrogen-bond donors (Lipinski definition) is 1. The number of anilines is 1. The number of halogens is 4. The Balaban J connectivity index is 1.58. The molecule has 9 heteroatoms.